The van der Waals surface area contributed by atoms with E-state index in [1.165, 1.54) is 22.9 Å². The summed E-state index contributed by atoms with van der Waals surface area (Å²) >= 11 is 0. The van der Waals surface area contributed by atoms with Gasteiger partial charge in [-0.15, -0.1) is 0 Å². The third-order valence-corrected chi connectivity index (χ3v) is 4.96. The van der Waals surface area contributed by atoms with E-state index in [1.807, 2.05) is 55.5 Å². The van der Waals surface area contributed by atoms with Gasteiger partial charge >= 0.3 is 11.8 Å². The highest BCUT2D eigenvalue weighted by Gasteiger charge is 2.31. The predicted molar refractivity (Wildman–Crippen MR) is 119 cm³/mol. The number of methoxy groups -OCH3 is 1. The molecule has 10 heteroatoms. The lowest BCUT2D eigenvalue weighted by atomic mass is 10.0. The van der Waals surface area contributed by atoms with E-state index in [9.17, 15) is 14.9 Å². The fourth-order valence-corrected chi connectivity index (χ4v) is 3.45. The number of esters is 1. The highest BCUT2D eigenvalue weighted by atomic mass is 16.6. The number of ether oxygens (including phenoxy) is 1. The molecule has 0 aliphatic carbocycles. The summed E-state index contributed by atoms with van der Waals surface area (Å²) < 4.78 is 6.27. The number of carbonyl (C=O) groups is 1. The summed E-state index contributed by atoms with van der Waals surface area (Å²) in [6.07, 6.45) is 1.31. The highest BCUT2D eigenvalue weighted by molar-refractivity contribution is 5.94. The summed E-state index contributed by atoms with van der Waals surface area (Å²) in [5.74, 6) is -0.817. The summed E-state index contributed by atoms with van der Waals surface area (Å²) in [4.78, 5) is 37.8. The average molecular weight is 432 g/mol. The third kappa shape index (κ3) is 3.85. The van der Waals surface area contributed by atoms with Crippen LogP contribution in [-0.2, 0) is 16.6 Å². The van der Waals surface area contributed by atoms with Crippen molar-refractivity contribution in [3.05, 3.63) is 70.5 Å². The van der Waals surface area contributed by atoms with Crippen LogP contribution in [0.2, 0.25) is 0 Å². The van der Waals surface area contributed by atoms with E-state index in [4.69, 9.17) is 9.72 Å². The molecule has 0 N–H and O–H groups in total. The number of fused-ring (bicyclic) bond motifs is 1. The SMILES string of the molecule is COC(=O)CN(c1nc(-c2ccccc2)c2cc(C)ccc2n1)c1c([N+](=O)[O-])ncn1C. The average Bonchev–Trinajstić information content (AvgIpc) is 3.18. The first-order valence-corrected chi connectivity index (χ1v) is 9.73. The molecule has 4 rings (SSSR count). The molecule has 10 nitrogen and oxygen atoms in total. The largest absolute Gasteiger partial charge is 0.468 e. The van der Waals surface area contributed by atoms with E-state index in [-0.39, 0.29) is 18.3 Å². The molecule has 2 aromatic heterocycles. The fraction of sp³-hybridized carbons (Fsp3) is 0.182. The Morgan fingerprint density at radius 2 is 1.94 bits per heavy atom. The molecule has 0 saturated carbocycles. The summed E-state index contributed by atoms with van der Waals surface area (Å²) in [5.41, 5.74) is 3.18. The molecular formula is C22H20N6O4. The summed E-state index contributed by atoms with van der Waals surface area (Å²) in [6, 6.07) is 15.3. The number of carbonyl (C=O) groups excluding carboxylic acids is 1. The second kappa shape index (κ2) is 8.42. The first kappa shape index (κ1) is 20.9. The molecule has 0 atom stereocenters. The molecule has 0 aliphatic heterocycles. The van der Waals surface area contributed by atoms with Gasteiger partial charge in [0.25, 0.3) is 0 Å². The topological polar surface area (TPSA) is 116 Å². The normalized spacial score (nSPS) is 10.8. The van der Waals surface area contributed by atoms with Gasteiger partial charge in [0.2, 0.25) is 18.1 Å². The van der Waals surface area contributed by atoms with E-state index in [2.05, 4.69) is 9.97 Å². The number of nitrogens with zero attached hydrogens (tertiary/aromatic N) is 6. The lowest BCUT2D eigenvalue weighted by Crippen LogP contribution is -2.30. The number of aromatic nitrogens is 4. The fourth-order valence-electron chi connectivity index (χ4n) is 3.45. The minimum absolute atomic E-state index is 0.0749. The third-order valence-electron chi connectivity index (χ3n) is 4.96. The summed E-state index contributed by atoms with van der Waals surface area (Å²) in [5, 5.41) is 12.4. The number of anilines is 2. The van der Waals surface area contributed by atoms with Gasteiger partial charge < -0.3 is 14.9 Å². The van der Waals surface area contributed by atoms with Crippen molar-refractivity contribution in [1.82, 2.24) is 19.5 Å². The lowest BCUT2D eigenvalue weighted by molar-refractivity contribution is -0.388. The van der Waals surface area contributed by atoms with Crippen LogP contribution in [0, 0.1) is 17.0 Å². The molecular weight excluding hydrogens is 412 g/mol. The second-order valence-corrected chi connectivity index (χ2v) is 7.18. The van der Waals surface area contributed by atoms with Crippen LogP contribution in [0.3, 0.4) is 0 Å². The quantitative estimate of drug-likeness (QED) is 0.258. The molecule has 0 radical (unpaired) electrons. The van der Waals surface area contributed by atoms with Gasteiger partial charge in [-0.2, -0.15) is 0 Å². The van der Waals surface area contributed by atoms with E-state index in [0.717, 1.165) is 16.5 Å². The van der Waals surface area contributed by atoms with Gasteiger partial charge in [-0.05, 0) is 29.0 Å². The number of aryl methyl sites for hydroxylation is 2. The summed E-state index contributed by atoms with van der Waals surface area (Å²) in [6.45, 7) is 1.65. The van der Waals surface area contributed by atoms with Crippen LogP contribution in [0.15, 0.2) is 54.9 Å². The molecule has 2 heterocycles. The molecule has 0 unspecified atom stereocenters. The number of rotatable bonds is 6. The Hall–Kier alpha value is -4.34. The molecule has 0 amide bonds. The lowest BCUT2D eigenvalue weighted by Gasteiger charge is -2.22. The number of benzene rings is 2. The first-order valence-electron chi connectivity index (χ1n) is 9.73. The minimum Gasteiger partial charge on any atom is -0.468 e. The standard InChI is InChI=1S/C22H20N6O4/c1-14-9-10-17-16(11-14)19(15-7-5-4-6-8-15)25-22(24-17)27(12-18(29)32-3)21-20(28(30)31)23-13-26(21)2/h4-11,13H,12H2,1-3H3. The molecule has 4 aromatic rings. The van der Waals surface area contributed by atoms with Gasteiger partial charge in [0, 0.05) is 18.0 Å². The zero-order valence-electron chi connectivity index (χ0n) is 17.7. The van der Waals surface area contributed by atoms with Crippen LogP contribution >= 0.6 is 0 Å². The molecule has 162 valence electrons. The zero-order chi connectivity index (χ0) is 22.8. The molecule has 0 saturated heterocycles. The zero-order valence-corrected chi connectivity index (χ0v) is 17.7. The van der Waals surface area contributed by atoms with Gasteiger partial charge in [-0.1, -0.05) is 42.0 Å². The maximum Gasteiger partial charge on any atom is 0.407 e. The van der Waals surface area contributed by atoms with Crippen molar-refractivity contribution < 1.29 is 14.5 Å². The van der Waals surface area contributed by atoms with E-state index in [1.54, 1.807) is 7.05 Å². The van der Waals surface area contributed by atoms with Crippen LogP contribution in [0.1, 0.15) is 5.56 Å². The molecule has 0 fully saturated rings. The molecule has 0 aliphatic rings. The Morgan fingerprint density at radius 1 is 1.19 bits per heavy atom. The summed E-state index contributed by atoms with van der Waals surface area (Å²) in [7, 11) is 2.85. The molecule has 2 aromatic carbocycles. The monoisotopic (exact) mass is 432 g/mol. The van der Waals surface area contributed by atoms with Crippen molar-refractivity contribution in [2.24, 2.45) is 7.05 Å². The minimum atomic E-state index is -0.609. The van der Waals surface area contributed by atoms with Crippen molar-refractivity contribution >= 4 is 34.5 Å². The van der Waals surface area contributed by atoms with Crippen LogP contribution in [0.4, 0.5) is 17.6 Å². The molecule has 32 heavy (non-hydrogen) atoms. The van der Waals surface area contributed by atoms with E-state index >= 15 is 0 Å². The van der Waals surface area contributed by atoms with Crippen molar-refractivity contribution in [2.45, 2.75) is 6.92 Å². The van der Waals surface area contributed by atoms with E-state index < -0.39 is 16.7 Å². The van der Waals surface area contributed by atoms with Gasteiger partial charge in [0.05, 0.1) is 18.3 Å². The highest BCUT2D eigenvalue weighted by Crippen LogP contribution is 2.34. The molecule has 0 bridgehead atoms. The van der Waals surface area contributed by atoms with Crippen LogP contribution in [0.5, 0.6) is 0 Å². The van der Waals surface area contributed by atoms with Gasteiger partial charge in [0.1, 0.15) is 6.54 Å². The van der Waals surface area contributed by atoms with Gasteiger partial charge in [0.15, 0.2) is 0 Å². The van der Waals surface area contributed by atoms with E-state index in [0.29, 0.717) is 11.2 Å². The number of hydrogen-bond acceptors (Lipinski definition) is 8. The Bertz CT molecular complexity index is 1320. The van der Waals surface area contributed by atoms with Crippen LogP contribution < -0.4 is 4.90 Å². The number of hydrogen-bond donors (Lipinski definition) is 0. The maximum atomic E-state index is 12.2. The predicted octanol–water partition coefficient (Wildman–Crippen LogP) is 3.56. The Labute approximate surface area is 183 Å². The Balaban J connectivity index is 2.00. The Kier molecular flexibility index (Phi) is 5.50. The van der Waals surface area contributed by atoms with Crippen molar-refractivity contribution in [3.63, 3.8) is 0 Å². The van der Waals surface area contributed by atoms with Crippen molar-refractivity contribution in [3.8, 4) is 11.3 Å². The smallest absolute Gasteiger partial charge is 0.407 e. The maximum absolute atomic E-state index is 12.2. The first-order chi connectivity index (χ1) is 15.4. The van der Waals surface area contributed by atoms with Crippen LogP contribution in [0.25, 0.3) is 22.2 Å². The van der Waals surface area contributed by atoms with Crippen LogP contribution in [-0.4, -0.2) is 44.1 Å². The van der Waals surface area contributed by atoms with Gasteiger partial charge in [-0.25, -0.2) is 9.97 Å². The number of imidazole rings is 1. The van der Waals surface area contributed by atoms with Crippen molar-refractivity contribution in [1.29, 1.82) is 0 Å². The van der Waals surface area contributed by atoms with Gasteiger partial charge in [-0.3, -0.25) is 14.3 Å². The van der Waals surface area contributed by atoms with Crippen molar-refractivity contribution in [2.75, 3.05) is 18.6 Å². The number of nitro groups is 1. The Morgan fingerprint density at radius 3 is 2.62 bits per heavy atom. The molecule has 0 spiro atoms. The second-order valence-electron chi connectivity index (χ2n) is 7.18.